The van der Waals surface area contributed by atoms with E-state index in [-0.39, 0.29) is 24.4 Å². The normalized spacial score (nSPS) is 15.2. The van der Waals surface area contributed by atoms with Crippen molar-refractivity contribution in [1.82, 2.24) is 10.2 Å². The summed E-state index contributed by atoms with van der Waals surface area (Å²) in [5.41, 5.74) is 2.14. The van der Waals surface area contributed by atoms with E-state index in [9.17, 15) is 18.0 Å². The Morgan fingerprint density at radius 2 is 1.64 bits per heavy atom. The molecule has 0 spiro atoms. The van der Waals surface area contributed by atoms with Gasteiger partial charge in [-0.3, -0.25) is 13.9 Å². The molecular formula is C29H39Cl2N3O4S. The van der Waals surface area contributed by atoms with E-state index < -0.39 is 28.5 Å². The molecule has 1 aliphatic carbocycles. The predicted molar refractivity (Wildman–Crippen MR) is 159 cm³/mol. The summed E-state index contributed by atoms with van der Waals surface area (Å²) in [6.07, 6.45) is 6.55. The number of hydrogen-bond donors (Lipinski definition) is 1. The van der Waals surface area contributed by atoms with Crippen molar-refractivity contribution in [3.63, 3.8) is 0 Å². The van der Waals surface area contributed by atoms with Crippen molar-refractivity contribution in [3.8, 4) is 0 Å². The zero-order chi connectivity index (χ0) is 28.7. The first-order chi connectivity index (χ1) is 18.4. The van der Waals surface area contributed by atoms with Crippen LogP contribution in [-0.4, -0.2) is 50.0 Å². The Morgan fingerprint density at radius 3 is 2.18 bits per heavy atom. The molecule has 0 aromatic heterocycles. The molecule has 0 saturated heterocycles. The van der Waals surface area contributed by atoms with Gasteiger partial charge < -0.3 is 10.2 Å². The number of nitrogens with zero attached hydrogens (tertiary/aromatic N) is 2. The van der Waals surface area contributed by atoms with E-state index in [4.69, 9.17) is 23.2 Å². The maximum atomic E-state index is 13.9. The molecule has 39 heavy (non-hydrogen) atoms. The van der Waals surface area contributed by atoms with Gasteiger partial charge in [-0.2, -0.15) is 0 Å². The van der Waals surface area contributed by atoms with Crippen molar-refractivity contribution in [2.24, 2.45) is 0 Å². The third-order valence-electron chi connectivity index (χ3n) is 7.20. The second-order valence-electron chi connectivity index (χ2n) is 10.6. The Bertz CT molecular complexity index is 1250. The van der Waals surface area contributed by atoms with Crippen LogP contribution in [0.15, 0.2) is 42.5 Å². The molecule has 2 amide bonds. The molecule has 0 heterocycles. The molecule has 214 valence electrons. The minimum absolute atomic E-state index is 0.0780. The van der Waals surface area contributed by atoms with E-state index in [0.717, 1.165) is 48.2 Å². The molecule has 0 aliphatic heterocycles. The van der Waals surface area contributed by atoms with Gasteiger partial charge in [-0.1, -0.05) is 81.4 Å². The smallest absolute Gasteiger partial charge is 0.244 e. The molecule has 0 unspecified atom stereocenters. The van der Waals surface area contributed by atoms with E-state index in [1.807, 2.05) is 19.1 Å². The zero-order valence-corrected chi connectivity index (χ0v) is 25.5. The van der Waals surface area contributed by atoms with Gasteiger partial charge in [0, 0.05) is 12.6 Å². The lowest BCUT2D eigenvalue weighted by atomic mass is 9.95. The quantitative estimate of drug-likeness (QED) is 0.338. The summed E-state index contributed by atoms with van der Waals surface area (Å²) in [6, 6.07) is 11.5. The summed E-state index contributed by atoms with van der Waals surface area (Å²) in [6.45, 7) is 5.60. The first-order valence-corrected chi connectivity index (χ1v) is 16.1. The Morgan fingerprint density at radius 1 is 1.00 bits per heavy atom. The highest BCUT2D eigenvalue weighted by Gasteiger charge is 2.33. The first kappa shape index (κ1) is 31.2. The monoisotopic (exact) mass is 595 g/mol. The van der Waals surface area contributed by atoms with Gasteiger partial charge in [0.2, 0.25) is 21.8 Å². The zero-order valence-electron chi connectivity index (χ0n) is 23.1. The number of rotatable bonds is 11. The molecule has 1 atom stereocenters. The van der Waals surface area contributed by atoms with Gasteiger partial charge in [-0.15, -0.1) is 0 Å². The van der Waals surface area contributed by atoms with Crippen LogP contribution in [0.5, 0.6) is 0 Å². The molecule has 3 rings (SSSR count). The van der Waals surface area contributed by atoms with Crippen molar-refractivity contribution in [2.75, 3.05) is 17.1 Å². The second kappa shape index (κ2) is 13.9. The molecular weight excluding hydrogens is 557 g/mol. The van der Waals surface area contributed by atoms with Crippen LogP contribution < -0.4 is 9.62 Å². The Hall–Kier alpha value is -2.29. The molecule has 1 aliphatic rings. The Kier molecular flexibility index (Phi) is 11.1. The lowest BCUT2D eigenvalue weighted by Gasteiger charge is -2.34. The number of carbonyl (C=O) groups is 2. The molecule has 10 heteroatoms. The fourth-order valence-corrected chi connectivity index (χ4v) is 6.11. The van der Waals surface area contributed by atoms with E-state index in [2.05, 4.69) is 19.2 Å². The van der Waals surface area contributed by atoms with Crippen molar-refractivity contribution in [2.45, 2.75) is 83.8 Å². The highest BCUT2D eigenvalue weighted by atomic mass is 35.5. The minimum Gasteiger partial charge on any atom is -0.352 e. The highest BCUT2D eigenvalue weighted by molar-refractivity contribution is 7.92. The van der Waals surface area contributed by atoms with Gasteiger partial charge in [0.05, 0.1) is 22.0 Å². The van der Waals surface area contributed by atoms with Gasteiger partial charge >= 0.3 is 0 Å². The predicted octanol–water partition coefficient (Wildman–Crippen LogP) is 6.14. The molecule has 0 bridgehead atoms. The number of halogens is 2. The lowest BCUT2D eigenvalue weighted by molar-refractivity contribution is -0.140. The summed E-state index contributed by atoms with van der Waals surface area (Å²) >= 11 is 12.3. The van der Waals surface area contributed by atoms with Crippen LogP contribution in [0, 0.1) is 0 Å². The fraction of sp³-hybridized carbons (Fsp3) is 0.517. The fourth-order valence-electron chi connectivity index (χ4n) is 4.94. The van der Waals surface area contributed by atoms with Gasteiger partial charge in [0.1, 0.15) is 12.6 Å². The molecule has 1 saturated carbocycles. The highest BCUT2D eigenvalue weighted by Crippen LogP contribution is 2.26. The maximum Gasteiger partial charge on any atom is 0.244 e. The number of hydrogen-bond acceptors (Lipinski definition) is 4. The second-order valence-corrected chi connectivity index (χ2v) is 13.3. The molecule has 2 aromatic rings. The molecule has 0 radical (unpaired) electrons. The summed E-state index contributed by atoms with van der Waals surface area (Å²) in [5, 5.41) is 3.85. The molecule has 1 N–H and O–H groups in total. The molecule has 7 nitrogen and oxygen atoms in total. The third-order valence-corrected chi connectivity index (χ3v) is 9.08. The standard InChI is InChI=1S/C29H39Cl2N3O4S/c1-5-27(29(36)32-23-9-7-6-8-10-23)33(18-21-11-16-25(30)26(31)17-21)28(35)19-34(39(4,37)38)24-14-12-22(13-15-24)20(2)3/h11-17,20,23,27H,5-10,18-19H2,1-4H3,(H,32,36)/t27-/m0/s1. The summed E-state index contributed by atoms with van der Waals surface area (Å²) in [5.74, 6) is -0.433. The number of benzene rings is 2. The van der Waals surface area contributed by atoms with Gasteiger partial charge in [0.25, 0.3) is 0 Å². The SMILES string of the molecule is CC[C@@H](C(=O)NC1CCCCC1)N(Cc1ccc(Cl)c(Cl)c1)C(=O)CN(c1ccc(C(C)C)cc1)S(C)(=O)=O. The van der Waals surface area contributed by atoms with Crippen molar-refractivity contribution in [1.29, 1.82) is 0 Å². The Balaban J connectivity index is 1.93. The summed E-state index contributed by atoms with van der Waals surface area (Å²) in [7, 11) is -3.79. The van der Waals surface area contributed by atoms with Gasteiger partial charge in [-0.05, 0) is 60.6 Å². The van der Waals surface area contributed by atoms with Gasteiger partial charge in [-0.25, -0.2) is 8.42 Å². The molecule has 2 aromatic carbocycles. The van der Waals surface area contributed by atoms with E-state index in [0.29, 0.717) is 27.7 Å². The third kappa shape index (κ3) is 8.60. The van der Waals surface area contributed by atoms with E-state index >= 15 is 0 Å². The number of amides is 2. The minimum atomic E-state index is -3.79. The lowest BCUT2D eigenvalue weighted by Crippen LogP contribution is -2.53. The van der Waals surface area contributed by atoms with Crippen LogP contribution >= 0.6 is 23.2 Å². The maximum absolute atomic E-state index is 13.9. The van der Waals surface area contributed by atoms with Crippen LogP contribution in [-0.2, 0) is 26.2 Å². The number of anilines is 1. The van der Waals surface area contributed by atoms with Crippen LogP contribution in [0.1, 0.15) is 76.3 Å². The average molecular weight is 597 g/mol. The van der Waals surface area contributed by atoms with E-state index in [1.165, 1.54) is 4.90 Å². The van der Waals surface area contributed by atoms with Crippen molar-refractivity contribution < 1.29 is 18.0 Å². The van der Waals surface area contributed by atoms with Crippen molar-refractivity contribution in [3.05, 3.63) is 63.6 Å². The van der Waals surface area contributed by atoms with Crippen LogP contribution in [0.25, 0.3) is 0 Å². The first-order valence-electron chi connectivity index (χ1n) is 13.5. The number of nitrogens with one attached hydrogen (secondary N) is 1. The summed E-state index contributed by atoms with van der Waals surface area (Å²) in [4.78, 5) is 28.8. The largest absolute Gasteiger partial charge is 0.352 e. The van der Waals surface area contributed by atoms with Gasteiger partial charge in [0.15, 0.2) is 0 Å². The topological polar surface area (TPSA) is 86.8 Å². The average Bonchev–Trinajstić information content (AvgIpc) is 2.89. The molecule has 1 fully saturated rings. The number of carbonyl (C=O) groups excluding carboxylic acids is 2. The Labute approximate surface area is 242 Å². The van der Waals surface area contributed by atoms with Crippen LogP contribution in [0.3, 0.4) is 0 Å². The van der Waals surface area contributed by atoms with Crippen LogP contribution in [0.4, 0.5) is 5.69 Å². The van der Waals surface area contributed by atoms with Crippen LogP contribution in [0.2, 0.25) is 10.0 Å². The number of sulfonamides is 1. The van der Waals surface area contributed by atoms with Crippen molar-refractivity contribution >= 4 is 50.7 Å². The van der Waals surface area contributed by atoms with E-state index in [1.54, 1.807) is 30.3 Å². The summed E-state index contributed by atoms with van der Waals surface area (Å²) < 4.78 is 26.7.